The first-order chi connectivity index (χ1) is 7.43. The molecule has 0 aliphatic rings. The van der Waals surface area contributed by atoms with Gasteiger partial charge in [0, 0.05) is 5.56 Å². The number of hydrogen-bond acceptors (Lipinski definition) is 1. The molecule has 0 heterocycles. The first kappa shape index (κ1) is 12.5. The number of rotatable bonds is 4. The van der Waals surface area contributed by atoms with Gasteiger partial charge >= 0.3 is 5.97 Å². The fraction of sp³-hybridized carbons (Fsp3) is 0.300. The summed E-state index contributed by atoms with van der Waals surface area (Å²) in [5.41, 5.74) is -0.614. The van der Waals surface area contributed by atoms with E-state index in [0.29, 0.717) is 0 Å². The third kappa shape index (κ3) is 2.71. The van der Waals surface area contributed by atoms with Crippen molar-refractivity contribution in [3.8, 4) is 0 Å². The van der Waals surface area contributed by atoms with Crippen molar-refractivity contribution in [2.45, 2.75) is 18.8 Å². The molecule has 0 aromatic heterocycles. The largest absolute Gasteiger partial charge is 0.481 e. The number of hydrogen-bond donors (Lipinski definition) is 1. The first-order valence-electron chi connectivity index (χ1n) is 4.37. The third-order valence-electron chi connectivity index (χ3n) is 2.08. The van der Waals surface area contributed by atoms with Crippen LogP contribution in [0.15, 0.2) is 18.2 Å². The van der Waals surface area contributed by atoms with E-state index in [0.717, 1.165) is 18.2 Å². The molecule has 0 saturated heterocycles. The van der Waals surface area contributed by atoms with Crippen LogP contribution in [0.5, 0.6) is 0 Å². The lowest BCUT2D eigenvalue weighted by Crippen LogP contribution is -2.16. The lowest BCUT2D eigenvalue weighted by molar-refractivity contribution is -0.138. The van der Waals surface area contributed by atoms with Gasteiger partial charge in [0.2, 0.25) is 6.43 Å². The van der Waals surface area contributed by atoms with E-state index in [-0.39, 0.29) is 0 Å². The normalized spacial score (nSPS) is 12.8. The Hall–Kier alpha value is -1.59. The molecule has 0 spiro atoms. The summed E-state index contributed by atoms with van der Waals surface area (Å²) in [6.07, 6.45) is -4.01. The van der Waals surface area contributed by atoms with Gasteiger partial charge in [-0.15, -0.1) is 0 Å². The monoisotopic (exact) mass is 236 g/mol. The number of carbonyl (C=O) groups is 1. The van der Waals surface area contributed by atoms with Gasteiger partial charge in [-0.25, -0.2) is 17.6 Å². The fourth-order valence-corrected chi connectivity index (χ4v) is 1.33. The van der Waals surface area contributed by atoms with E-state index in [1.165, 1.54) is 0 Å². The predicted octanol–water partition coefficient (Wildman–Crippen LogP) is 2.79. The minimum atomic E-state index is -3.06. The molecule has 0 aliphatic carbocycles. The number of alkyl halides is 2. The van der Waals surface area contributed by atoms with Crippen molar-refractivity contribution in [2.24, 2.45) is 0 Å². The van der Waals surface area contributed by atoms with Crippen molar-refractivity contribution in [3.63, 3.8) is 0 Å². The van der Waals surface area contributed by atoms with Crippen LogP contribution in [0, 0.1) is 11.6 Å². The van der Waals surface area contributed by atoms with Gasteiger partial charge in [-0.05, 0) is 6.07 Å². The topological polar surface area (TPSA) is 37.3 Å². The molecule has 6 heteroatoms. The number of carboxylic acids is 1. The van der Waals surface area contributed by atoms with Gasteiger partial charge in [-0.1, -0.05) is 12.1 Å². The van der Waals surface area contributed by atoms with Crippen molar-refractivity contribution in [3.05, 3.63) is 35.4 Å². The van der Waals surface area contributed by atoms with Crippen LogP contribution in [0.25, 0.3) is 0 Å². The highest BCUT2D eigenvalue weighted by molar-refractivity contribution is 5.68. The van der Waals surface area contributed by atoms with Crippen molar-refractivity contribution in [1.29, 1.82) is 0 Å². The van der Waals surface area contributed by atoms with Crippen LogP contribution in [-0.2, 0) is 4.79 Å². The lowest BCUT2D eigenvalue weighted by Gasteiger charge is -2.15. The van der Waals surface area contributed by atoms with E-state index < -0.39 is 41.9 Å². The second kappa shape index (κ2) is 4.96. The molecule has 1 rings (SSSR count). The van der Waals surface area contributed by atoms with Crippen LogP contribution >= 0.6 is 0 Å². The average Bonchev–Trinajstić information content (AvgIpc) is 2.18. The molecule has 0 bridgehead atoms. The van der Waals surface area contributed by atoms with Gasteiger partial charge in [-0.2, -0.15) is 0 Å². The van der Waals surface area contributed by atoms with Crippen LogP contribution in [-0.4, -0.2) is 17.5 Å². The third-order valence-corrected chi connectivity index (χ3v) is 2.08. The summed E-state index contributed by atoms with van der Waals surface area (Å²) in [6.45, 7) is 0. The molecule has 0 fully saturated rings. The van der Waals surface area contributed by atoms with Crippen LogP contribution in [0.3, 0.4) is 0 Å². The van der Waals surface area contributed by atoms with Gasteiger partial charge in [0.05, 0.1) is 12.3 Å². The zero-order valence-electron chi connectivity index (χ0n) is 7.96. The number of carboxylic acid groups (broad SMARTS) is 1. The van der Waals surface area contributed by atoms with Crippen LogP contribution < -0.4 is 0 Å². The standard InChI is InChI=1S/C10H8F4O2/c11-7-3-1-2-5(9(7)12)6(10(13)14)4-8(15)16/h1-3,6,10H,4H2,(H,15,16). The van der Waals surface area contributed by atoms with Crippen LogP contribution in [0.2, 0.25) is 0 Å². The predicted molar refractivity (Wildman–Crippen MR) is 47.4 cm³/mol. The second-order valence-electron chi connectivity index (χ2n) is 3.18. The highest BCUT2D eigenvalue weighted by Gasteiger charge is 2.28. The van der Waals surface area contributed by atoms with Gasteiger partial charge in [0.25, 0.3) is 0 Å². The fourth-order valence-electron chi connectivity index (χ4n) is 1.33. The van der Waals surface area contributed by atoms with E-state index in [4.69, 9.17) is 5.11 Å². The lowest BCUT2D eigenvalue weighted by atomic mass is 9.95. The molecule has 1 aromatic rings. The summed E-state index contributed by atoms with van der Waals surface area (Å²) in [5.74, 6) is -6.02. The van der Waals surface area contributed by atoms with E-state index in [1.54, 1.807) is 0 Å². The smallest absolute Gasteiger partial charge is 0.304 e. The molecule has 2 nitrogen and oxygen atoms in total. The van der Waals surface area contributed by atoms with Crippen molar-refractivity contribution >= 4 is 5.97 Å². The number of aliphatic carboxylic acids is 1. The Morgan fingerprint density at radius 1 is 1.31 bits per heavy atom. The molecule has 0 radical (unpaired) electrons. The Bertz CT molecular complexity index is 392. The summed E-state index contributed by atoms with van der Waals surface area (Å²) < 4.78 is 50.9. The molecular weight excluding hydrogens is 228 g/mol. The molecule has 0 saturated carbocycles. The molecule has 1 atom stereocenters. The zero-order valence-corrected chi connectivity index (χ0v) is 7.96. The molecule has 0 amide bonds. The van der Waals surface area contributed by atoms with Crippen molar-refractivity contribution in [2.75, 3.05) is 0 Å². The summed E-state index contributed by atoms with van der Waals surface area (Å²) in [7, 11) is 0. The Balaban J connectivity index is 3.10. The van der Waals surface area contributed by atoms with Crippen LogP contribution in [0.1, 0.15) is 17.9 Å². The number of benzene rings is 1. The Kier molecular flexibility index (Phi) is 3.87. The zero-order chi connectivity index (χ0) is 12.3. The highest BCUT2D eigenvalue weighted by Crippen LogP contribution is 2.29. The maximum absolute atomic E-state index is 13.2. The van der Waals surface area contributed by atoms with E-state index in [1.807, 2.05) is 0 Å². The molecule has 88 valence electrons. The molecule has 1 unspecified atom stereocenters. The minimum absolute atomic E-state index is 0.614. The molecular formula is C10H8F4O2. The SMILES string of the molecule is O=C(O)CC(c1cccc(F)c1F)C(F)F. The van der Waals surface area contributed by atoms with Crippen molar-refractivity contribution < 1.29 is 27.5 Å². The van der Waals surface area contributed by atoms with Crippen LogP contribution in [0.4, 0.5) is 17.6 Å². The summed E-state index contributed by atoms with van der Waals surface area (Å²) >= 11 is 0. The summed E-state index contributed by atoms with van der Waals surface area (Å²) in [6, 6.07) is 2.80. The first-order valence-corrected chi connectivity index (χ1v) is 4.37. The molecule has 16 heavy (non-hydrogen) atoms. The number of halogens is 4. The molecule has 0 aliphatic heterocycles. The van der Waals surface area contributed by atoms with E-state index >= 15 is 0 Å². The second-order valence-corrected chi connectivity index (χ2v) is 3.18. The average molecular weight is 236 g/mol. The van der Waals surface area contributed by atoms with E-state index in [2.05, 4.69) is 0 Å². The van der Waals surface area contributed by atoms with Crippen molar-refractivity contribution in [1.82, 2.24) is 0 Å². The van der Waals surface area contributed by atoms with E-state index in [9.17, 15) is 22.4 Å². The highest BCUT2D eigenvalue weighted by atomic mass is 19.3. The quantitative estimate of drug-likeness (QED) is 0.816. The maximum atomic E-state index is 13.2. The summed E-state index contributed by atoms with van der Waals surface area (Å²) in [5, 5.41) is 8.40. The maximum Gasteiger partial charge on any atom is 0.304 e. The Morgan fingerprint density at radius 2 is 1.94 bits per heavy atom. The minimum Gasteiger partial charge on any atom is -0.481 e. The Labute approximate surface area is 88.5 Å². The Morgan fingerprint density at radius 3 is 2.44 bits per heavy atom. The summed E-state index contributed by atoms with van der Waals surface area (Å²) in [4.78, 5) is 10.3. The van der Waals surface area contributed by atoms with Gasteiger partial charge < -0.3 is 5.11 Å². The molecule has 1 N–H and O–H groups in total. The van der Waals surface area contributed by atoms with Gasteiger partial charge in [0.1, 0.15) is 0 Å². The molecule has 1 aromatic carbocycles. The van der Waals surface area contributed by atoms with Gasteiger partial charge in [0.15, 0.2) is 11.6 Å². The van der Waals surface area contributed by atoms with Gasteiger partial charge in [-0.3, -0.25) is 4.79 Å².